The molecule has 4 heteroatoms. The zero-order chi connectivity index (χ0) is 12.9. The van der Waals surface area contributed by atoms with Crippen molar-refractivity contribution < 1.29 is 4.79 Å². The molecule has 0 aromatic carbocycles. The lowest BCUT2D eigenvalue weighted by Crippen LogP contribution is -2.52. The first-order valence-corrected chi connectivity index (χ1v) is 6.72. The molecule has 1 amide bonds. The number of hydrogen-bond acceptors (Lipinski definition) is 3. The molecule has 0 radical (unpaired) electrons. The molecule has 1 rings (SSSR count). The lowest BCUT2D eigenvalue weighted by molar-refractivity contribution is -0.124. The second kappa shape index (κ2) is 6.36. The van der Waals surface area contributed by atoms with Gasteiger partial charge in [-0.25, -0.2) is 0 Å². The second-order valence-corrected chi connectivity index (χ2v) is 5.50. The van der Waals surface area contributed by atoms with Gasteiger partial charge in [0.2, 0.25) is 5.91 Å². The number of piperazine rings is 1. The largest absolute Gasteiger partial charge is 0.350 e. The van der Waals surface area contributed by atoms with Crippen LogP contribution < -0.4 is 5.32 Å². The van der Waals surface area contributed by atoms with Crippen molar-refractivity contribution in [3.05, 3.63) is 0 Å². The molecule has 17 heavy (non-hydrogen) atoms. The van der Waals surface area contributed by atoms with Crippen molar-refractivity contribution in [1.82, 2.24) is 15.1 Å². The van der Waals surface area contributed by atoms with Gasteiger partial charge < -0.3 is 10.2 Å². The summed E-state index contributed by atoms with van der Waals surface area (Å²) in [6.45, 7) is 14.3. The van der Waals surface area contributed by atoms with Crippen LogP contribution in [0, 0.1) is 0 Å². The second-order valence-electron chi connectivity index (χ2n) is 5.50. The fraction of sp³-hybridized carbons (Fsp3) is 0.923. The molecule has 0 aromatic rings. The topological polar surface area (TPSA) is 35.6 Å². The fourth-order valence-electron chi connectivity index (χ4n) is 1.97. The Balaban J connectivity index is 2.28. The number of nitrogens with one attached hydrogen (secondary N) is 1. The molecule has 0 atom stereocenters. The summed E-state index contributed by atoms with van der Waals surface area (Å²) in [6, 6.07) is 0. The maximum Gasteiger partial charge on any atom is 0.234 e. The van der Waals surface area contributed by atoms with Crippen molar-refractivity contribution in [1.29, 1.82) is 0 Å². The third-order valence-corrected chi connectivity index (χ3v) is 3.64. The highest BCUT2D eigenvalue weighted by Gasteiger charge is 2.21. The Morgan fingerprint density at radius 1 is 1.12 bits per heavy atom. The van der Waals surface area contributed by atoms with Gasteiger partial charge in [0.25, 0.3) is 0 Å². The monoisotopic (exact) mass is 241 g/mol. The highest BCUT2D eigenvalue weighted by molar-refractivity contribution is 5.78. The predicted molar refractivity (Wildman–Crippen MR) is 71.1 cm³/mol. The van der Waals surface area contributed by atoms with E-state index in [-0.39, 0.29) is 11.4 Å². The molecule has 0 unspecified atom stereocenters. The molecule has 1 heterocycles. The van der Waals surface area contributed by atoms with Crippen LogP contribution in [0.3, 0.4) is 0 Å². The molecule has 0 spiro atoms. The van der Waals surface area contributed by atoms with Crippen molar-refractivity contribution in [3.8, 4) is 0 Å². The van der Waals surface area contributed by atoms with E-state index in [1.807, 2.05) is 0 Å². The van der Waals surface area contributed by atoms with Crippen molar-refractivity contribution in [2.24, 2.45) is 0 Å². The maximum absolute atomic E-state index is 11.9. The Kier molecular flexibility index (Phi) is 5.40. The molecule has 0 saturated carbocycles. The third kappa shape index (κ3) is 5.04. The number of carbonyl (C=O) groups excluding carboxylic acids is 1. The van der Waals surface area contributed by atoms with Crippen molar-refractivity contribution in [3.63, 3.8) is 0 Å². The van der Waals surface area contributed by atoms with Crippen LogP contribution in [0.2, 0.25) is 0 Å². The van der Waals surface area contributed by atoms with E-state index in [1.54, 1.807) is 0 Å². The lowest BCUT2D eigenvalue weighted by Gasteiger charge is -2.34. The molecule has 0 aliphatic carbocycles. The summed E-state index contributed by atoms with van der Waals surface area (Å²) in [4.78, 5) is 16.5. The van der Waals surface area contributed by atoms with Gasteiger partial charge in [-0.05, 0) is 26.8 Å². The minimum absolute atomic E-state index is 0.0810. The summed E-state index contributed by atoms with van der Waals surface area (Å²) in [6.07, 6.45) is 0.961. The van der Waals surface area contributed by atoms with Gasteiger partial charge in [-0.1, -0.05) is 13.8 Å². The van der Waals surface area contributed by atoms with Gasteiger partial charge in [0.05, 0.1) is 6.54 Å². The van der Waals surface area contributed by atoms with E-state index in [0.29, 0.717) is 6.54 Å². The van der Waals surface area contributed by atoms with Gasteiger partial charge in [0.1, 0.15) is 0 Å². The summed E-state index contributed by atoms with van der Waals surface area (Å²) in [5, 5.41) is 3.08. The van der Waals surface area contributed by atoms with Gasteiger partial charge in [-0.15, -0.1) is 0 Å². The van der Waals surface area contributed by atoms with Crippen LogP contribution in [0.15, 0.2) is 0 Å². The van der Waals surface area contributed by atoms with Gasteiger partial charge in [-0.2, -0.15) is 0 Å². The molecule has 1 saturated heterocycles. The smallest absolute Gasteiger partial charge is 0.234 e. The molecule has 1 aliphatic rings. The SMILES string of the molecule is CCN1CCN(CC(=O)NC(C)(C)CC)CC1. The average molecular weight is 241 g/mol. The first-order chi connectivity index (χ1) is 7.96. The summed E-state index contributed by atoms with van der Waals surface area (Å²) < 4.78 is 0. The zero-order valence-corrected chi connectivity index (χ0v) is 11.8. The third-order valence-electron chi connectivity index (χ3n) is 3.64. The van der Waals surface area contributed by atoms with E-state index < -0.39 is 0 Å². The number of hydrogen-bond donors (Lipinski definition) is 1. The van der Waals surface area contributed by atoms with E-state index in [9.17, 15) is 4.79 Å². The van der Waals surface area contributed by atoms with Crippen LogP contribution in [0.4, 0.5) is 0 Å². The zero-order valence-electron chi connectivity index (χ0n) is 11.8. The van der Waals surface area contributed by atoms with Crippen LogP contribution in [-0.2, 0) is 4.79 Å². The van der Waals surface area contributed by atoms with Crippen molar-refractivity contribution in [2.45, 2.75) is 39.7 Å². The predicted octanol–water partition coefficient (Wildman–Crippen LogP) is 0.929. The van der Waals surface area contributed by atoms with Crippen molar-refractivity contribution in [2.75, 3.05) is 39.3 Å². The van der Waals surface area contributed by atoms with Gasteiger partial charge in [0.15, 0.2) is 0 Å². The van der Waals surface area contributed by atoms with Gasteiger partial charge in [-0.3, -0.25) is 9.69 Å². The molecule has 4 nitrogen and oxygen atoms in total. The van der Waals surface area contributed by atoms with Gasteiger partial charge >= 0.3 is 0 Å². The Bertz CT molecular complexity index is 245. The Hall–Kier alpha value is -0.610. The van der Waals surface area contributed by atoms with E-state index in [4.69, 9.17) is 0 Å². The summed E-state index contributed by atoms with van der Waals surface area (Å²) in [7, 11) is 0. The minimum atomic E-state index is -0.0810. The van der Waals surface area contributed by atoms with Crippen LogP contribution in [0.25, 0.3) is 0 Å². The number of rotatable bonds is 5. The normalized spacial score (nSPS) is 19.3. The van der Waals surface area contributed by atoms with Gasteiger partial charge in [0, 0.05) is 31.7 Å². The Morgan fingerprint density at radius 2 is 1.65 bits per heavy atom. The number of likely N-dealkylation sites (N-methyl/N-ethyl adjacent to an activating group) is 1. The molecule has 100 valence electrons. The van der Waals surface area contributed by atoms with Crippen LogP contribution >= 0.6 is 0 Å². The Labute approximate surface area is 105 Å². The molecule has 0 bridgehead atoms. The lowest BCUT2D eigenvalue weighted by atomic mass is 10.0. The minimum Gasteiger partial charge on any atom is -0.350 e. The number of nitrogens with zero attached hydrogens (tertiary/aromatic N) is 2. The summed E-state index contributed by atoms with van der Waals surface area (Å²) in [5.74, 6) is 0.154. The first kappa shape index (κ1) is 14.5. The van der Waals surface area contributed by atoms with E-state index in [1.165, 1.54) is 0 Å². The van der Waals surface area contributed by atoms with Crippen LogP contribution in [0.5, 0.6) is 0 Å². The first-order valence-electron chi connectivity index (χ1n) is 6.72. The highest BCUT2D eigenvalue weighted by Crippen LogP contribution is 2.07. The van der Waals surface area contributed by atoms with Crippen LogP contribution in [-0.4, -0.2) is 60.5 Å². The summed E-state index contributed by atoms with van der Waals surface area (Å²) >= 11 is 0. The number of carbonyl (C=O) groups is 1. The summed E-state index contributed by atoms with van der Waals surface area (Å²) in [5.41, 5.74) is -0.0810. The molecular weight excluding hydrogens is 214 g/mol. The number of amides is 1. The molecular formula is C13H27N3O. The quantitative estimate of drug-likeness (QED) is 0.778. The van der Waals surface area contributed by atoms with E-state index >= 15 is 0 Å². The average Bonchev–Trinajstić information content (AvgIpc) is 2.29. The maximum atomic E-state index is 11.9. The highest BCUT2D eigenvalue weighted by atomic mass is 16.2. The standard InChI is InChI=1S/C13H27N3O/c1-5-13(3,4)14-12(17)11-16-9-7-15(6-2)8-10-16/h5-11H2,1-4H3,(H,14,17). The Morgan fingerprint density at radius 3 is 2.12 bits per heavy atom. The van der Waals surface area contributed by atoms with Crippen molar-refractivity contribution >= 4 is 5.91 Å². The van der Waals surface area contributed by atoms with E-state index in [0.717, 1.165) is 39.1 Å². The molecule has 1 aliphatic heterocycles. The molecule has 1 N–H and O–H groups in total. The molecule has 0 aromatic heterocycles. The van der Waals surface area contributed by atoms with Crippen LogP contribution in [0.1, 0.15) is 34.1 Å². The fourth-order valence-corrected chi connectivity index (χ4v) is 1.97. The van der Waals surface area contributed by atoms with E-state index in [2.05, 4.69) is 42.8 Å². The molecule has 1 fully saturated rings.